The number of oxazole rings is 1. The van der Waals surface area contributed by atoms with Gasteiger partial charge in [0.15, 0.2) is 0 Å². The number of carbonyl (C=O) groups excluding carboxylic acids is 1. The third-order valence-corrected chi connectivity index (χ3v) is 4.54. The molecule has 0 fully saturated rings. The third-order valence-electron chi connectivity index (χ3n) is 4.54. The molecule has 2 aromatic carbocycles. The van der Waals surface area contributed by atoms with Crippen LogP contribution in [0.15, 0.2) is 68.2 Å². The molecule has 0 aliphatic heterocycles. The molecular formula is C23H20N2O5. The number of hydrogen-bond donors (Lipinski definition) is 1. The molecule has 152 valence electrons. The van der Waals surface area contributed by atoms with Crippen molar-refractivity contribution in [2.24, 2.45) is 0 Å². The number of aromatic nitrogens is 1. The molecule has 0 spiro atoms. The molecule has 0 aliphatic rings. The van der Waals surface area contributed by atoms with Gasteiger partial charge in [0.25, 0.3) is 0 Å². The molecule has 1 N–H and O–H groups in total. The van der Waals surface area contributed by atoms with Crippen molar-refractivity contribution in [3.8, 4) is 17.2 Å². The molecule has 0 radical (unpaired) electrons. The fraction of sp³-hybridized carbons (Fsp3) is 0.174. The first-order valence-electron chi connectivity index (χ1n) is 9.49. The Hall–Kier alpha value is -3.87. The van der Waals surface area contributed by atoms with Gasteiger partial charge in [0.05, 0.1) is 12.3 Å². The molecule has 0 unspecified atom stereocenters. The number of carbonyl (C=O) groups is 1. The van der Waals surface area contributed by atoms with E-state index in [4.69, 9.17) is 13.6 Å². The van der Waals surface area contributed by atoms with Gasteiger partial charge in [-0.3, -0.25) is 4.79 Å². The molecule has 7 heteroatoms. The van der Waals surface area contributed by atoms with E-state index < -0.39 is 5.63 Å². The molecule has 2 aromatic heterocycles. The zero-order chi connectivity index (χ0) is 21.1. The Kier molecular flexibility index (Phi) is 5.34. The Morgan fingerprint density at radius 3 is 2.67 bits per heavy atom. The van der Waals surface area contributed by atoms with Crippen molar-refractivity contribution in [2.45, 2.75) is 20.3 Å². The summed E-state index contributed by atoms with van der Waals surface area (Å²) < 4.78 is 16.9. The van der Waals surface area contributed by atoms with Gasteiger partial charge in [-0.2, -0.15) is 0 Å². The van der Waals surface area contributed by atoms with E-state index in [1.165, 1.54) is 6.92 Å². The number of amides is 1. The molecule has 4 rings (SSSR count). The lowest BCUT2D eigenvalue weighted by Gasteiger charge is -2.07. The second-order valence-corrected chi connectivity index (χ2v) is 6.81. The molecule has 0 bridgehead atoms. The summed E-state index contributed by atoms with van der Waals surface area (Å²) in [6.07, 6.45) is 0.575. The molecule has 0 atom stereocenters. The van der Waals surface area contributed by atoms with Crippen LogP contribution in [-0.4, -0.2) is 17.5 Å². The van der Waals surface area contributed by atoms with Crippen LogP contribution in [0.4, 0.5) is 5.69 Å². The first-order chi connectivity index (χ1) is 14.5. The first kappa shape index (κ1) is 19.4. The van der Waals surface area contributed by atoms with Crippen molar-refractivity contribution in [2.75, 3.05) is 11.9 Å². The average molecular weight is 404 g/mol. The van der Waals surface area contributed by atoms with Gasteiger partial charge in [-0.1, -0.05) is 18.2 Å². The number of nitrogens with zero attached hydrogens (tertiary/aromatic N) is 1. The van der Waals surface area contributed by atoms with Gasteiger partial charge in [-0.15, -0.1) is 0 Å². The van der Waals surface area contributed by atoms with E-state index in [-0.39, 0.29) is 11.6 Å². The van der Waals surface area contributed by atoms with E-state index in [1.807, 2.05) is 37.3 Å². The van der Waals surface area contributed by atoms with Gasteiger partial charge in [0.2, 0.25) is 11.8 Å². The molecule has 0 saturated carbocycles. The zero-order valence-corrected chi connectivity index (χ0v) is 16.6. The standard InChI is InChI=1S/C23H20N2O5/c1-14-19(25-22(29-14)16-6-4-3-5-7-16)10-11-28-18-9-8-17-12-20(24-15(2)26)23(27)30-21(17)13-18/h3-9,12-13H,10-11H2,1-2H3,(H,24,26). The minimum atomic E-state index is -0.610. The highest BCUT2D eigenvalue weighted by Gasteiger charge is 2.12. The molecular weight excluding hydrogens is 384 g/mol. The van der Waals surface area contributed by atoms with E-state index in [0.717, 1.165) is 17.0 Å². The van der Waals surface area contributed by atoms with Crippen LogP contribution in [0.25, 0.3) is 22.4 Å². The van der Waals surface area contributed by atoms with Crippen LogP contribution in [0, 0.1) is 6.92 Å². The molecule has 1 amide bonds. The van der Waals surface area contributed by atoms with Gasteiger partial charge < -0.3 is 18.9 Å². The van der Waals surface area contributed by atoms with Crippen molar-refractivity contribution < 1.29 is 18.4 Å². The summed E-state index contributed by atoms with van der Waals surface area (Å²) >= 11 is 0. The van der Waals surface area contributed by atoms with Crippen molar-refractivity contribution in [3.63, 3.8) is 0 Å². The summed E-state index contributed by atoms with van der Waals surface area (Å²) in [6, 6.07) is 16.5. The second kappa shape index (κ2) is 8.24. The number of anilines is 1. The zero-order valence-electron chi connectivity index (χ0n) is 16.6. The van der Waals surface area contributed by atoms with E-state index in [2.05, 4.69) is 10.3 Å². The summed E-state index contributed by atoms with van der Waals surface area (Å²) in [4.78, 5) is 27.7. The van der Waals surface area contributed by atoms with Gasteiger partial charge in [0, 0.05) is 30.4 Å². The molecule has 0 aliphatic carbocycles. The van der Waals surface area contributed by atoms with Crippen molar-refractivity contribution in [1.82, 2.24) is 4.98 Å². The number of ether oxygens (including phenoxy) is 1. The van der Waals surface area contributed by atoms with Gasteiger partial charge in [-0.05, 0) is 37.3 Å². The summed E-state index contributed by atoms with van der Waals surface area (Å²) in [5.74, 6) is 1.58. The van der Waals surface area contributed by atoms with Gasteiger partial charge >= 0.3 is 5.63 Å². The minimum absolute atomic E-state index is 0.111. The fourth-order valence-corrected chi connectivity index (χ4v) is 3.09. The van der Waals surface area contributed by atoms with Crippen molar-refractivity contribution >= 4 is 22.6 Å². The maximum absolute atomic E-state index is 12.0. The van der Waals surface area contributed by atoms with Crippen LogP contribution in [0.2, 0.25) is 0 Å². The summed E-state index contributed by atoms with van der Waals surface area (Å²) in [5, 5.41) is 3.14. The largest absolute Gasteiger partial charge is 0.493 e. The van der Waals surface area contributed by atoms with Crippen LogP contribution in [0.5, 0.6) is 5.75 Å². The summed E-state index contributed by atoms with van der Waals surface area (Å²) in [6.45, 7) is 3.60. The van der Waals surface area contributed by atoms with Crippen LogP contribution < -0.4 is 15.7 Å². The van der Waals surface area contributed by atoms with Crippen molar-refractivity contribution in [3.05, 3.63) is 76.5 Å². The average Bonchev–Trinajstić information content (AvgIpc) is 3.10. The second-order valence-electron chi connectivity index (χ2n) is 6.81. The van der Waals surface area contributed by atoms with Crippen LogP contribution in [0.1, 0.15) is 18.4 Å². The van der Waals surface area contributed by atoms with Gasteiger partial charge in [-0.25, -0.2) is 9.78 Å². The Labute approximate surface area is 172 Å². The predicted octanol–water partition coefficient (Wildman–Crippen LogP) is 4.34. The number of hydrogen-bond acceptors (Lipinski definition) is 6. The maximum atomic E-state index is 12.0. The number of nitrogens with one attached hydrogen (secondary N) is 1. The Bertz CT molecular complexity index is 1260. The number of aryl methyl sites for hydroxylation is 1. The van der Waals surface area contributed by atoms with Gasteiger partial charge in [0.1, 0.15) is 22.8 Å². The van der Waals surface area contributed by atoms with E-state index in [0.29, 0.717) is 35.6 Å². The van der Waals surface area contributed by atoms with Crippen LogP contribution in [0.3, 0.4) is 0 Å². The fourth-order valence-electron chi connectivity index (χ4n) is 3.09. The Morgan fingerprint density at radius 2 is 1.90 bits per heavy atom. The minimum Gasteiger partial charge on any atom is -0.493 e. The highest BCUT2D eigenvalue weighted by molar-refractivity contribution is 5.91. The lowest BCUT2D eigenvalue weighted by molar-refractivity contribution is -0.114. The van der Waals surface area contributed by atoms with Crippen molar-refractivity contribution in [1.29, 1.82) is 0 Å². The van der Waals surface area contributed by atoms with E-state index >= 15 is 0 Å². The predicted molar refractivity (Wildman–Crippen MR) is 113 cm³/mol. The highest BCUT2D eigenvalue weighted by atomic mass is 16.5. The Balaban J connectivity index is 1.45. The molecule has 0 saturated heterocycles. The van der Waals surface area contributed by atoms with E-state index in [9.17, 15) is 9.59 Å². The lowest BCUT2D eigenvalue weighted by atomic mass is 10.2. The third kappa shape index (κ3) is 4.25. The smallest absolute Gasteiger partial charge is 0.360 e. The first-order valence-corrected chi connectivity index (χ1v) is 9.49. The molecule has 30 heavy (non-hydrogen) atoms. The molecule has 4 aromatic rings. The SMILES string of the molecule is CC(=O)Nc1cc2ccc(OCCc3nc(-c4ccccc4)oc3C)cc2oc1=O. The van der Waals surface area contributed by atoms with Crippen LogP contribution >= 0.6 is 0 Å². The quantitative estimate of drug-likeness (QED) is 0.481. The molecule has 2 heterocycles. The monoisotopic (exact) mass is 404 g/mol. The number of fused-ring (bicyclic) bond motifs is 1. The maximum Gasteiger partial charge on any atom is 0.360 e. The summed E-state index contributed by atoms with van der Waals surface area (Å²) in [5.41, 5.74) is 1.65. The van der Waals surface area contributed by atoms with E-state index in [1.54, 1.807) is 24.3 Å². The number of benzene rings is 2. The van der Waals surface area contributed by atoms with Crippen LogP contribution in [-0.2, 0) is 11.2 Å². The molecule has 7 nitrogen and oxygen atoms in total. The Morgan fingerprint density at radius 1 is 1.10 bits per heavy atom. The highest BCUT2D eigenvalue weighted by Crippen LogP contribution is 2.24. The topological polar surface area (TPSA) is 94.6 Å². The summed E-state index contributed by atoms with van der Waals surface area (Å²) in [7, 11) is 0. The lowest BCUT2D eigenvalue weighted by Crippen LogP contribution is -2.14. The number of rotatable bonds is 6. The normalized spacial score (nSPS) is 10.9.